The van der Waals surface area contributed by atoms with Gasteiger partial charge in [-0.25, -0.2) is 0 Å². The van der Waals surface area contributed by atoms with Crippen LogP contribution in [0.2, 0.25) is 0 Å². The molecule has 1 rings (SSSR count). The highest BCUT2D eigenvalue weighted by Gasteiger charge is 2.13. The van der Waals surface area contributed by atoms with E-state index in [1.54, 1.807) is 0 Å². The van der Waals surface area contributed by atoms with Gasteiger partial charge in [-0.1, -0.05) is 28.9 Å². The first-order valence-corrected chi connectivity index (χ1v) is 7.92. The number of hydrogen-bond acceptors (Lipinski definition) is 3. The van der Waals surface area contributed by atoms with Gasteiger partial charge in [0.15, 0.2) is 0 Å². The second-order valence-corrected chi connectivity index (χ2v) is 5.44. The molecule has 0 unspecified atom stereocenters. The molecule has 0 aliphatic rings. The van der Waals surface area contributed by atoms with Crippen LogP contribution in [0, 0.1) is 0 Å². The Kier molecular flexibility index (Phi) is 7.62. The summed E-state index contributed by atoms with van der Waals surface area (Å²) >= 11 is 3.51. The molecule has 20 heavy (non-hydrogen) atoms. The second kappa shape index (κ2) is 8.97. The number of carbonyl (C=O) groups excluding carboxylic acids is 1. The van der Waals surface area contributed by atoms with Crippen molar-refractivity contribution in [2.75, 3.05) is 31.1 Å². The number of rotatable bonds is 8. The first-order valence-electron chi connectivity index (χ1n) is 7.13. The van der Waals surface area contributed by atoms with E-state index >= 15 is 0 Å². The predicted molar refractivity (Wildman–Crippen MR) is 88.1 cm³/mol. The van der Waals surface area contributed by atoms with Gasteiger partial charge in [-0.3, -0.25) is 4.79 Å². The number of carbonyl (C=O) groups is 1. The number of anilines is 1. The minimum Gasteiger partial charge on any atom is -0.362 e. The Bertz CT molecular complexity index is 437. The average Bonchev–Trinajstić information content (AvgIpc) is 2.43. The largest absolute Gasteiger partial charge is 0.362 e. The molecule has 0 bridgehead atoms. The van der Waals surface area contributed by atoms with Crippen molar-refractivity contribution < 1.29 is 4.79 Å². The first kappa shape index (κ1) is 17.0. The molecular formula is C15H24BrN3O. The highest BCUT2D eigenvalue weighted by molar-refractivity contribution is 9.10. The molecule has 0 fully saturated rings. The topological polar surface area (TPSA) is 44.4 Å². The van der Waals surface area contributed by atoms with Crippen molar-refractivity contribution in [1.82, 2.24) is 10.6 Å². The summed E-state index contributed by atoms with van der Waals surface area (Å²) in [6, 6.07) is 6.22. The quantitative estimate of drug-likeness (QED) is 0.763. The summed E-state index contributed by atoms with van der Waals surface area (Å²) in [4.78, 5) is 13.9. The van der Waals surface area contributed by atoms with Gasteiger partial charge < -0.3 is 15.5 Å². The zero-order valence-corrected chi connectivity index (χ0v) is 14.1. The SMILES string of the molecule is CCNCc1ccc(Br)cc1N(CC)CC(=O)NCC. The smallest absolute Gasteiger partial charge is 0.239 e. The van der Waals surface area contributed by atoms with Crippen molar-refractivity contribution in [3.63, 3.8) is 0 Å². The number of amides is 1. The van der Waals surface area contributed by atoms with E-state index in [0.29, 0.717) is 13.1 Å². The summed E-state index contributed by atoms with van der Waals surface area (Å²) in [6.45, 7) is 9.68. The molecular weight excluding hydrogens is 318 g/mol. The number of halogens is 1. The van der Waals surface area contributed by atoms with Crippen LogP contribution in [-0.2, 0) is 11.3 Å². The molecule has 112 valence electrons. The van der Waals surface area contributed by atoms with Gasteiger partial charge in [0.1, 0.15) is 0 Å². The molecule has 5 heteroatoms. The van der Waals surface area contributed by atoms with E-state index in [0.717, 1.165) is 29.8 Å². The minimum absolute atomic E-state index is 0.0590. The second-order valence-electron chi connectivity index (χ2n) is 4.52. The van der Waals surface area contributed by atoms with E-state index in [4.69, 9.17) is 0 Å². The maximum absolute atomic E-state index is 11.8. The van der Waals surface area contributed by atoms with E-state index < -0.39 is 0 Å². The van der Waals surface area contributed by atoms with Gasteiger partial charge in [0.25, 0.3) is 0 Å². The molecule has 0 saturated heterocycles. The molecule has 4 nitrogen and oxygen atoms in total. The van der Waals surface area contributed by atoms with Crippen LogP contribution in [0.3, 0.4) is 0 Å². The number of nitrogens with zero attached hydrogens (tertiary/aromatic N) is 1. The summed E-state index contributed by atoms with van der Waals surface area (Å²) in [6.07, 6.45) is 0. The van der Waals surface area contributed by atoms with Crippen LogP contribution in [0.25, 0.3) is 0 Å². The lowest BCUT2D eigenvalue weighted by Crippen LogP contribution is -2.37. The summed E-state index contributed by atoms with van der Waals surface area (Å²) < 4.78 is 1.03. The Morgan fingerprint density at radius 2 is 2.00 bits per heavy atom. The van der Waals surface area contributed by atoms with Crippen molar-refractivity contribution in [1.29, 1.82) is 0 Å². The Balaban J connectivity index is 2.93. The van der Waals surface area contributed by atoms with Gasteiger partial charge in [-0.05, 0) is 38.1 Å². The van der Waals surface area contributed by atoms with E-state index in [2.05, 4.69) is 57.4 Å². The van der Waals surface area contributed by atoms with Crippen molar-refractivity contribution in [3.8, 4) is 0 Å². The molecule has 0 heterocycles. The van der Waals surface area contributed by atoms with Crippen LogP contribution in [0.5, 0.6) is 0 Å². The number of likely N-dealkylation sites (N-methyl/N-ethyl adjacent to an activating group) is 2. The summed E-state index contributed by atoms with van der Waals surface area (Å²) in [7, 11) is 0. The highest BCUT2D eigenvalue weighted by atomic mass is 79.9. The van der Waals surface area contributed by atoms with E-state index in [1.807, 2.05) is 13.0 Å². The van der Waals surface area contributed by atoms with Gasteiger partial charge in [0, 0.05) is 29.8 Å². The number of hydrogen-bond donors (Lipinski definition) is 2. The van der Waals surface area contributed by atoms with E-state index in [-0.39, 0.29) is 5.91 Å². The van der Waals surface area contributed by atoms with Crippen LogP contribution in [0.15, 0.2) is 22.7 Å². The maximum atomic E-state index is 11.8. The predicted octanol–water partition coefficient (Wildman–Crippen LogP) is 2.52. The van der Waals surface area contributed by atoms with Gasteiger partial charge in [-0.15, -0.1) is 0 Å². The van der Waals surface area contributed by atoms with Gasteiger partial charge in [0.2, 0.25) is 5.91 Å². The third-order valence-corrected chi connectivity index (χ3v) is 3.54. The van der Waals surface area contributed by atoms with Crippen molar-refractivity contribution >= 4 is 27.5 Å². The molecule has 1 aromatic rings. The normalized spacial score (nSPS) is 10.4. The van der Waals surface area contributed by atoms with Crippen LogP contribution >= 0.6 is 15.9 Å². The Hall–Kier alpha value is -1.07. The fourth-order valence-electron chi connectivity index (χ4n) is 2.03. The molecule has 0 aliphatic carbocycles. The Morgan fingerprint density at radius 3 is 2.60 bits per heavy atom. The molecule has 0 radical (unpaired) electrons. The molecule has 0 aromatic heterocycles. The lowest BCUT2D eigenvalue weighted by Gasteiger charge is -2.25. The Morgan fingerprint density at radius 1 is 1.25 bits per heavy atom. The molecule has 2 N–H and O–H groups in total. The van der Waals surface area contributed by atoms with Gasteiger partial charge >= 0.3 is 0 Å². The summed E-state index contributed by atoms with van der Waals surface area (Å²) in [5.74, 6) is 0.0590. The zero-order valence-electron chi connectivity index (χ0n) is 12.5. The number of nitrogens with one attached hydrogen (secondary N) is 2. The van der Waals surface area contributed by atoms with E-state index in [9.17, 15) is 4.79 Å². The molecule has 0 atom stereocenters. The highest BCUT2D eigenvalue weighted by Crippen LogP contribution is 2.25. The first-order chi connectivity index (χ1) is 9.62. The van der Waals surface area contributed by atoms with Crippen LogP contribution < -0.4 is 15.5 Å². The molecule has 0 aliphatic heterocycles. The monoisotopic (exact) mass is 341 g/mol. The summed E-state index contributed by atoms with van der Waals surface area (Å²) in [5, 5.41) is 6.19. The fourth-order valence-corrected chi connectivity index (χ4v) is 2.38. The summed E-state index contributed by atoms with van der Waals surface area (Å²) in [5.41, 5.74) is 2.32. The molecule has 0 saturated carbocycles. The zero-order chi connectivity index (χ0) is 15.0. The Labute approximate surface area is 130 Å². The van der Waals surface area contributed by atoms with Crippen LogP contribution in [0.1, 0.15) is 26.3 Å². The van der Waals surface area contributed by atoms with E-state index in [1.165, 1.54) is 5.56 Å². The lowest BCUT2D eigenvalue weighted by atomic mass is 10.1. The minimum atomic E-state index is 0.0590. The third-order valence-electron chi connectivity index (χ3n) is 3.04. The van der Waals surface area contributed by atoms with Gasteiger partial charge in [-0.2, -0.15) is 0 Å². The standard InChI is InChI=1S/C15H24BrN3O/c1-4-17-10-12-7-8-13(16)9-14(12)19(6-3)11-15(20)18-5-2/h7-9,17H,4-6,10-11H2,1-3H3,(H,18,20). The van der Waals surface area contributed by atoms with Gasteiger partial charge in [0.05, 0.1) is 6.54 Å². The molecule has 1 amide bonds. The average molecular weight is 342 g/mol. The lowest BCUT2D eigenvalue weighted by molar-refractivity contribution is -0.119. The molecule has 0 spiro atoms. The molecule has 1 aromatic carbocycles. The van der Waals surface area contributed by atoms with Crippen molar-refractivity contribution in [2.45, 2.75) is 27.3 Å². The van der Waals surface area contributed by atoms with Crippen molar-refractivity contribution in [3.05, 3.63) is 28.2 Å². The van der Waals surface area contributed by atoms with Crippen LogP contribution in [-0.4, -0.2) is 32.1 Å². The van der Waals surface area contributed by atoms with Crippen LogP contribution in [0.4, 0.5) is 5.69 Å². The maximum Gasteiger partial charge on any atom is 0.239 e. The third kappa shape index (κ3) is 5.13. The van der Waals surface area contributed by atoms with Crippen molar-refractivity contribution in [2.24, 2.45) is 0 Å². The number of benzene rings is 1. The fraction of sp³-hybridized carbons (Fsp3) is 0.533.